The molecule has 0 heterocycles. The Balaban J connectivity index is 2.55. The normalized spacial score (nSPS) is 9.95. The molecule has 0 aliphatic heterocycles. The number of rotatable bonds is 3. The first-order valence-corrected chi connectivity index (χ1v) is 6.88. The van der Waals surface area contributed by atoms with Crippen LogP contribution in [0, 0.1) is 11.3 Å². The van der Waals surface area contributed by atoms with E-state index in [0.29, 0.717) is 11.3 Å². The number of halogens is 2. The minimum Gasteiger partial charge on any atom is -0.478 e. The fraction of sp³-hybridized carbons (Fsp3) is 0. The third kappa shape index (κ3) is 3.27. The van der Waals surface area contributed by atoms with E-state index in [-0.39, 0.29) is 22.0 Å². The van der Waals surface area contributed by atoms with E-state index in [0.717, 1.165) is 4.47 Å². The van der Waals surface area contributed by atoms with Crippen LogP contribution in [0.4, 0.5) is 17.1 Å². The lowest BCUT2D eigenvalue weighted by Crippen LogP contribution is -2.05. The summed E-state index contributed by atoms with van der Waals surface area (Å²) in [6.07, 6.45) is 0. The topological polar surface area (TPSA) is 99.1 Å². The van der Waals surface area contributed by atoms with Crippen LogP contribution in [0.2, 0.25) is 5.02 Å². The molecule has 2 aromatic rings. The maximum absolute atomic E-state index is 11.3. The molecule has 0 saturated carbocycles. The van der Waals surface area contributed by atoms with E-state index in [2.05, 4.69) is 21.2 Å². The highest BCUT2D eigenvalue weighted by atomic mass is 79.9. The zero-order valence-electron chi connectivity index (χ0n) is 10.5. The lowest BCUT2D eigenvalue weighted by Gasteiger charge is -2.13. The highest BCUT2D eigenvalue weighted by Crippen LogP contribution is 2.33. The lowest BCUT2D eigenvalue weighted by molar-refractivity contribution is 0.0698. The number of carboxylic acid groups (broad SMARTS) is 1. The number of nitrogens with zero attached hydrogens (tertiary/aromatic N) is 1. The molecular formula is C14H9BrClN3O2. The molecule has 2 aromatic carbocycles. The Hall–Kier alpha value is -2.23. The van der Waals surface area contributed by atoms with Gasteiger partial charge in [-0.05, 0) is 30.3 Å². The molecule has 0 amide bonds. The minimum absolute atomic E-state index is 0.0631. The standard InChI is InChI=1S/C14H9BrClN3O2/c15-8-1-2-12(7(3-8)6-17)19-13-10(14(20)21)4-9(18)5-11(13)16/h1-5,19H,18H2,(H,20,21). The van der Waals surface area contributed by atoms with Gasteiger partial charge in [0, 0.05) is 10.2 Å². The zero-order valence-corrected chi connectivity index (χ0v) is 12.9. The Kier molecular flexibility index (Phi) is 4.36. The quantitative estimate of drug-likeness (QED) is 0.713. The maximum atomic E-state index is 11.3. The highest BCUT2D eigenvalue weighted by Gasteiger charge is 2.16. The van der Waals surface area contributed by atoms with Crippen molar-refractivity contribution >= 4 is 50.6 Å². The van der Waals surface area contributed by atoms with Gasteiger partial charge in [-0.3, -0.25) is 0 Å². The van der Waals surface area contributed by atoms with Crippen LogP contribution < -0.4 is 11.1 Å². The molecule has 0 aliphatic rings. The average Bonchev–Trinajstić information content (AvgIpc) is 2.42. The summed E-state index contributed by atoms with van der Waals surface area (Å²) in [4.78, 5) is 11.3. The molecule has 2 rings (SSSR count). The number of carboxylic acids is 1. The van der Waals surface area contributed by atoms with Crippen molar-refractivity contribution in [1.29, 1.82) is 5.26 Å². The molecule has 0 saturated heterocycles. The second-order valence-electron chi connectivity index (χ2n) is 4.16. The molecule has 0 atom stereocenters. The summed E-state index contributed by atoms with van der Waals surface area (Å²) in [5.74, 6) is -1.16. The van der Waals surface area contributed by atoms with Crippen LogP contribution in [0.3, 0.4) is 0 Å². The minimum atomic E-state index is -1.16. The van der Waals surface area contributed by atoms with Crippen molar-refractivity contribution in [2.45, 2.75) is 0 Å². The average molecular weight is 367 g/mol. The number of anilines is 3. The number of hydrogen-bond donors (Lipinski definition) is 3. The second-order valence-corrected chi connectivity index (χ2v) is 5.48. The van der Waals surface area contributed by atoms with Gasteiger partial charge in [0.15, 0.2) is 0 Å². The van der Waals surface area contributed by atoms with E-state index < -0.39 is 5.97 Å². The molecule has 0 aromatic heterocycles. The van der Waals surface area contributed by atoms with Crippen molar-refractivity contribution in [3.63, 3.8) is 0 Å². The lowest BCUT2D eigenvalue weighted by atomic mass is 10.1. The first-order chi connectivity index (χ1) is 9.92. The molecule has 0 aliphatic carbocycles. The molecule has 0 unspecified atom stereocenters. The smallest absolute Gasteiger partial charge is 0.337 e. The summed E-state index contributed by atoms with van der Waals surface area (Å²) >= 11 is 9.33. The van der Waals surface area contributed by atoms with E-state index in [1.807, 2.05) is 6.07 Å². The van der Waals surface area contributed by atoms with Gasteiger partial charge in [-0.1, -0.05) is 27.5 Å². The molecule has 106 valence electrons. The van der Waals surface area contributed by atoms with Crippen LogP contribution in [0.25, 0.3) is 0 Å². The summed E-state index contributed by atoms with van der Waals surface area (Å²) in [5.41, 5.74) is 6.79. The fourth-order valence-corrected chi connectivity index (χ4v) is 2.41. The molecule has 0 bridgehead atoms. The van der Waals surface area contributed by atoms with Crippen molar-refractivity contribution in [3.8, 4) is 6.07 Å². The summed E-state index contributed by atoms with van der Waals surface area (Å²) < 4.78 is 0.742. The van der Waals surface area contributed by atoms with Crippen molar-refractivity contribution in [3.05, 3.63) is 51.0 Å². The van der Waals surface area contributed by atoms with E-state index in [9.17, 15) is 9.90 Å². The van der Waals surface area contributed by atoms with Crippen LogP contribution >= 0.6 is 27.5 Å². The van der Waals surface area contributed by atoms with Crippen molar-refractivity contribution < 1.29 is 9.90 Å². The number of hydrogen-bond acceptors (Lipinski definition) is 4. The first kappa shape index (κ1) is 15.2. The van der Waals surface area contributed by atoms with Gasteiger partial charge >= 0.3 is 5.97 Å². The molecular weight excluding hydrogens is 358 g/mol. The Labute approximate surface area is 134 Å². The highest BCUT2D eigenvalue weighted by molar-refractivity contribution is 9.10. The first-order valence-electron chi connectivity index (χ1n) is 5.71. The number of aromatic carboxylic acids is 1. The third-order valence-electron chi connectivity index (χ3n) is 2.70. The molecule has 5 nitrogen and oxygen atoms in total. The zero-order chi connectivity index (χ0) is 15.6. The van der Waals surface area contributed by atoms with Crippen molar-refractivity contribution in [2.24, 2.45) is 0 Å². The summed E-state index contributed by atoms with van der Waals surface area (Å²) in [5, 5.41) is 21.4. The van der Waals surface area contributed by atoms with Crippen LogP contribution in [0.1, 0.15) is 15.9 Å². The molecule has 0 radical (unpaired) electrons. The van der Waals surface area contributed by atoms with Crippen LogP contribution in [-0.4, -0.2) is 11.1 Å². The Bertz CT molecular complexity index is 772. The molecule has 21 heavy (non-hydrogen) atoms. The van der Waals surface area contributed by atoms with Gasteiger partial charge in [-0.2, -0.15) is 5.26 Å². The van der Waals surface area contributed by atoms with Crippen molar-refractivity contribution in [2.75, 3.05) is 11.1 Å². The van der Waals surface area contributed by atoms with E-state index >= 15 is 0 Å². The van der Waals surface area contributed by atoms with Gasteiger partial charge < -0.3 is 16.2 Å². The van der Waals surface area contributed by atoms with Gasteiger partial charge in [-0.15, -0.1) is 0 Å². The van der Waals surface area contributed by atoms with E-state index in [1.54, 1.807) is 18.2 Å². The SMILES string of the molecule is N#Cc1cc(Br)ccc1Nc1c(Cl)cc(N)cc1C(=O)O. The van der Waals surface area contributed by atoms with Gasteiger partial charge in [-0.25, -0.2) is 4.79 Å². The van der Waals surface area contributed by atoms with Crippen molar-refractivity contribution in [1.82, 2.24) is 0 Å². The predicted molar refractivity (Wildman–Crippen MR) is 85.0 cm³/mol. The maximum Gasteiger partial charge on any atom is 0.337 e. The predicted octanol–water partition coefficient (Wildman–Crippen LogP) is 4.00. The van der Waals surface area contributed by atoms with Gasteiger partial charge in [0.25, 0.3) is 0 Å². The molecule has 0 fully saturated rings. The summed E-state index contributed by atoms with van der Waals surface area (Å²) in [6, 6.07) is 9.78. The van der Waals surface area contributed by atoms with Crippen LogP contribution in [-0.2, 0) is 0 Å². The van der Waals surface area contributed by atoms with E-state index in [1.165, 1.54) is 12.1 Å². The number of nitrogens with one attached hydrogen (secondary N) is 1. The van der Waals surface area contributed by atoms with Gasteiger partial charge in [0.05, 0.1) is 27.5 Å². The van der Waals surface area contributed by atoms with Crippen LogP contribution in [0.15, 0.2) is 34.8 Å². The summed E-state index contributed by atoms with van der Waals surface area (Å²) in [6.45, 7) is 0. The molecule has 4 N–H and O–H groups in total. The Morgan fingerprint density at radius 3 is 2.71 bits per heavy atom. The largest absolute Gasteiger partial charge is 0.478 e. The van der Waals surface area contributed by atoms with Gasteiger partial charge in [0.1, 0.15) is 6.07 Å². The molecule has 7 heteroatoms. The van der Waals surface area contributed by atoms with Crippen LogP contribution in [0.5, 0.6) is 0 Å². The van der Waals surface area contributed by atoms with Gasteiger partial charge in [0.2, 0.25) is 0 Å². The Morgan fingerprint density at radius 1 is 1.38 bits per heavy atom. The molecule has 0 spiro atoms. The number of nitrogen functional groups attached to an aromatic ring is 1. The number of nitrogens with two attached hydrogens (primary N) is 1. The monoisotopic (exact) mass is 365 g/mol. The fourth-order valence-electron chi connectivity index (χ4n) is 1.78. The summed E-state index contributed by atoms with van der Waals surface area (Å²) in [7, 11) is 0. The van der Waals surface area contributed by atoms with E-state index in [4.69, 9.17) is 22.6 Å². The Morgan fingerprint density at radius 2 is 2.10 bits per heavy atom. The number of nitriles is 1. The number of benzene rings is 2. The number of carbonyl (C=O) groups is 1. The second kappa shape index (κ2) is 6.04. The third-order valence-corrected chi connectivity index (χ3v) is 3.50.